The zero-order valence-corrected chi connectivity index (χ0v) is 16.9. The molecule has 3 heteroatoms. The molecule has 1 fully saturated rings. The second-order valence-corrected chi connectivity index (χ2v) is 7.95. The van der Waals surface area contributed by atoms with Crippen LogP contribution in [0.2, 0.25) is 0 Å². The summed E-state index contributed by atoms with van der Waals surface area (Å²) in [6.45, 7) is 9.86. The molecule has 1 amide bonds. The first kappa shape index (κ1) is 19.6. The highest BCUT2D eigenvalue weighted by Crippen LogP contribution is 2.19. The van der Waals surface area contributed by atoms with E-state index in [0.29, 0.717) is 0 Å². The molecule has 1 N–H and O–H groups in total. The molecule has 2 aromatic rings. The van der Waals surface area contributed by atoms with Crippen molar-refractivity contribution in [2.75, 3.05) is 13.1 Å². The van der Waals surface area contributed by atoms with Crippen LogP contribution >= 0.6 is 0 Å². The van der Waals surface area contributed by atoms with Crippen molar-refractivity contribution in [1.29, 1.82) is 0 Å². The van der Waals surface area contributed by atoms with Crippen LogP contribution in [0.1, 0.15) is 66.7 Å². The molecule has 1 aliphatic rings. The molecule has 1 heterocycles. The van der Waals surface area contributed by atoms with E-state index in [2.05, 4.69) is 60.5 Å². The summed E-state index contributed by atoms with van der Waals surface area (Å²) in [5, 5.41) is 3.11. The SMILES string of the molecule is CCc1ccc([C@@H](C)NC(=O)c2ccc(CN3CCC(C)CC3)cc2)cc1. The third-order valence-corrected chi connectivity index (χ3v) is 5.73. The molecule has 1 atom stereocenters. The monoisotopic (exact) mass is 364 g/mol. The van der Waals surface area contributed by atoms with Crippen molar-refractivity contribution in [2.45, 2.75) is 52.6 Å². The van der Waals surface area contributed by atoms with Crippen molar-refractivity contribution in [3.63, 3.8) is 0 Å². The summed E-state index contributed by atoms with van der Waals surface area (Å²) in [5.74, 6) is 0.841. The fourth-order valence-corrected chi connectivity index (χ4v) is 3.65. The molecule has 144 valence electrons. The van der Waals surface area contributed by atoms with E-state index in [9.17, 15) is 4.79 Å². The summed E-state index contributed by atoms with van der Waals surface area (Å²) in [6.07, 6.45) is 3.61. The predicted octanol–water partition coefficient (Wildman–Crippen LogP) is 4.97. The minimum atomic E-state index is -0.0135. The van der Waals surface area contributed by atoms with E-state index in [0.717, 1.165) is 30.0 Å². The Labute approximate surface area is 163 Å². The minimum absolute atomic E-state index is 0.00146. The van der Waals surface area contributed by atoms with Gasteiger partial charge in [-0.25, -0.2) is 0 Å². The number of piperidine rings is 1. The van der Waals surface area contributed by atoms with E-state index in [1.54, 1.807) is 0 Å². The highest BCUT2D eigenvalue weighted by molar-refractivity contribution is 5.94. The van der Waals surface area contributed by atoms with Gasteiger partial charge in [-0.15, -0.1) is 0 Å². The molecule has 1 aliphatic heterocycles. The van der Waals surface area contributed by atoms with Crippen LogP contribution in [0.3, 0.4) is 0 Å². The van der Waals surface area contributed by atoms with Crippen LogP contribution in [0.25, 0.3) is 0 Å². The quantitative estimate of drug-likeness (QED) is 0.785. The van der Waals surface area contributed by atoms with E-state index in [1.165, 1.54) is 37.1 Å². The van der Waals surface area contributed by atoms with Crippen LogP contribution in [0.5, 0.6) is 0 Å². The topological polar surface area (TPSA) is 32.3 Å². The van der Waals surface area contributed by atoms with Gasteiger partial charge in [-0.2, -0.15) is 0 Å². The van der Waals surface area contributed by atoms with Crippen LogP contribution in [0.15, 0.2) is 48.5 Å². The summed E-state index contributed by atoms with van der Waals surface area (Å²) in [6, 6.07) is 16.6. The van der Waals surface area contributed by atoms with E-state index in [-0.39, 0.29) is 11.9 Å². The van der Waals surface area contributed by atoms with E-state index < -0.39 is 0 Å². The van der Waals surface area contributed by atoms with Crippen LogP contribution in [-0.4, -0.2) is 23.9 Å². The first-order valence-electron chi connectivity index (χ1n) is 10.3. The highest BCUT2D eigenvalue weighted by Gasteiger charge is 2.16. The summed E-state index contributed by atoms with van der Waals surface area (Å²) < 4.78 is 0. The van der Waals surface area contributed by atoms with Crippen LogP contribution in [0.4, 0.5) is 0 Å². The molecule has 3 nitrogen and oxygen atoms in total. The largest absolute Gasteiger partial charge is 0.346 e. The van der Waals surface area contributed by atoms with E-state index in [4.69, 9.17) is 0 Å². The Bertz CT molecular complexity index is 728. The van der Waals surface area contributed by atoms with Crippen molar-refractivity contribution < 1.29 is 4.79 Å². The number of carbonyl (C=O) groups is 1. The molecular formula is C24H32N2O. The number of hydrogen-bond acceptors (Lipinski definition) is 2. The molecule has 0 spiro atoms. The normalized spacial score (nSPS) is 16.9. The zero-order valence-electron chi connectivity index (χ0n) is 16.9. The first-order chi connectivity index (χ1) is 13.0. The lowest BCUT2D eigenvalue weighted by molar-refractivity contribution is 0.0940. The number of aryl methyl sites for hydroxylation is 1. The van der Waals surface area contributed by atoms with Crippen molar-refractivity contribution in [3.05, 3.63) is 70.8 Å². The van der Waals surface area contributed by atoms with Gasteiger partial charge in [0.1, 0.15) is 0 Å². The second-order valence-electron chi connectivity index (χ2n) is 7.95. The number of amides is 1. The number of nitrogens with zero attached hydrogens (tertiary/aromatic N) is 1. The minimum Gasteiger partial charge on any atom is -0.346 e. The van der Waals surface area contributed by atoms with Gasteiger partial charge in [-0.05, 0) is 74.0 Å². The smallest absolute Gasteiger partial charge is 0.251 e. The van der Waals surface area contributed by atoms with Crippen LogP contribution in [-0.2, 0) is 13.0 Å². The number of nitrogens with one attached hydrogen (secondary N) is 1. The lowest BCUT2D eigenvalue weighted by Gasteiger charge is -2.30. The molecule has 0 aliphatic carbocycles. The Kier molecular flexibility index (Phi) is 6.68. The average Bonchev–Trinajstić information content (AvgIpc) is 2.70. The van der Waals surface area contributed by atoms with Crippen LogP contribution in [0, 0.1) is 5.92 Å². The highest BCUT2D eigenvalue weighted by atomic mass is 16.1. The van der Waals surface area contributed by atoms with Gasteiger partial charge in [0.25, 0.3) is 5.91 Å². The Morgan fingerprint density at radius 1 is 1.04 bits per heavy atom. The number of benzene rings is 2. The van der Waals surface area contributed by atoms with Crippen molar-refractivity contribution >= 4 is 5.91 Å². The maximum absolute atomic E-state index is 12.6. The summed E-state index contributed by atoms with van der Waals surface area (Å²) in [5.41, 5.74) is 4.46. The molecule has 0 unspecified atom stereocenters. The van der Waals surface area contributed by atoms with Gasteiger partial charge in [-0.1, -0.05) is 50.2 Å². The predicted molar refractivity (Wildman–Crippen MR) is 112 cm³/mol. The molecule has 2 aromatic carbocycles. The van der Waals surface area contributed by atoms with Gasteiger partial charge in [0.2, 0.25) is 0 Å². The maximum atomic E-state index is 12.6. The first-order valence-corrected chi connectivity index (χ1v) is 10.3. The van der Waals surface area contributed by atoms with Crippen LogP contribution < -0.4 is 5.32 Å². The van der Waals surface area contributed by atoms with Crippen molar-refractivity contribution in [1.82, 2.24) is 10.2 Å². The fourth-order valence-electron chi connectivity index (χ4n) is 3.65. The Morgan fingerprint density at radius 2 is 1.63 bits per heavy atom. The maximum Gasteiger partial charge on any atom is 0.251 e. The number of carbonyl (C=O) groups excluding carboxylic acids is 1. The number of likely N-dealkylation sites (tertiary alicyclic amines) is 1. The van der Waals surface area contributed by atoms with Gasteiger partial charge < -0.3 is 5.32 Å². The molecule has 27 heavy (non-hydrogen) atoms. The van der Waals surface area contributed by atoms with Gasteiger partial charge >= 0.3 is 0 Å². The molecule has 0 radical (unpaired) electrons. The Morgan fingerprint density at radius 3 is 2.22 bits per heavy atom. The van der Waals surface area contributed by atoms with E-state index >= 15 is 0 Å². The molecule has 0 bridgehead atoms. The van der Waals surface area contributed by atoms with Crippen molar-refractivity contribution in [2.24, 2.45) is 5.92 Å². The molecule has 0 aromatic heterocycles. The van der Waals surface area contributed by atoms with Crippen molar-refractivity contribution in [3.8, 4) is 0 Å². The molecule has 3 rings (SSSR count). The number of hydrogen-bond donors (Lipinski definition) is 1. The second kappa shape index (κ2) is 9.18. The van der Waals surface area contributed by atoms with E-state index in [1.807, 2.05) is 19.1 Å². The summed E-state index contributed by atoms with van der Waals surface area (Å²) >= 11 is 0. The summed E-state index contributed by atoms with van der Waals surface area (Å²) in [7, 11) is 0. The third kappa shape index (κ3) is 5.43. The number of rotatable bonds is 6. The summed E-state index contributed by atoms with van der Waals surface area (Å²) in [4.78, 5) is 15.1. The lowest BCUT2D eigenvalue weighted by Crippen LogP contribution is -2.32. The molecule has 1 saturated heterocycles. The lowest BCUT2D eigenvalue weighted by atomic mass is 9.99. The zero-order chi connectivity index (χ0) is 19.2. The van der Waals surface area contributed by atoms with Gasteiger partial charge in [0.05, 0.1) is 6.04 Å². The van der Waals surface area contributed by atoms with Gasteiger partial charge in [0, 0.05) is 12.1 Å². The molecule has 0 saturated carbocycles. The Balaban J connectivity index is 1.55. The molecular weight excluding hydrogens is 332 g/mol. The fraction of sp³-hybridized carbons (Fsp3) is 0.458. The standard InChI is InChI=1S/C24H32N2O/c1-4-20-5-9-22(10-6-20)19(3)25-24(27)23-11-7-21(8-12-23)17-26-15-13-18(2)14-16-26/h5-12,18-19H,4,13-17H2,1-3H3,(H,25,27)/t19-/m1/s1. The van der Waals surface area contributed by atoms with Gasteiger partial charge in [-0.3, -0.25) is 9.69 Å². The van der Waals surface area contributed by atoms with Gasteiger partial charge in [0.15, 0.2) is 0 Å². The third-order valence-electron chi connectivity index (χ3n) is 5.73. The Hall–Kier alpha value is -2.13. The average molecular weight is 365 g/mol.